The first-order valence-corrected chi connectivity index (χ1v) is 6.12. The minimum atomic E-state index is -1.26. The van der Waals surface area contributed by atoms with Gasteiger partial charge in [-0.1, -0.05) is 25.1 Å². The van der Waals surface area contributed by atoms with Crippen LogP contribution in [0.15, 0.2) is 24.3 Å². The van der Waals surface area contributed by atoms with Crippen molar-refractivity contribution in [3.63, 3.8) is 0 Å². The predicted octanol–water partition coefficient (Wildman–Crippen LogP) is 1.74. The number of rotatable bonds is 6. The molecule has 0 saturated carbocycles. The van der Waals surface area contributed by atoms with Crippen LogP contribution in [0.4, 0.5) is 0 Å². The third-order valence-electron chi connectivity index (χ3n) is 3.05. The number of carboxylic acids is 1. The van der Waals surface area contributed by atoms with E-state index in [1.165, 1.54) is 6.92 Å². The smallest absolute Gasteiger partial charge is 0.329 e. The number of para-hydroxylation sites is 1. The summed E-state index contributed by atoms with van der Waals surface area (Å²) in [4.78, 5) is 22.8. The molecule has 5 heteroatoms. The summed E-state index contributed by atoms with van der Waals surface area (Å²) in [5.41, 5.74) is -0.335. The molecule has 1 aromatic carbocycles. The van der Waals surface area contributed by atoms with Crippen molar-refractivity contribution in [3.8, 4) is 5.75 Å². The number of hydrogen-bond acceptors (Lipinski definition) is 3. The third kappa shape index (κ3) is 3.98. The molecule has 0 radical (unpaired) electrons. The van der Waals surface area contributed by atoms with E-state index in [0.717, 1.165) is 5.56 Å². The molecule has 1 rings (SSSR count). The van der Waals surface area contributed by atoms with Crippen molar-refractivity contribution in [2.45, 2.75) is 32.7 Å². The van der Waals surface area contributed by atoms with Gasteiger partial charge in [0.25, 0.3) is 5.91 Å². The van der Waals surface area contributed by atoms with Gasteiger partial charge in [0, 0.05) is 0 Å². The summed E-state index contributed by atoms with van der Waals surface area (Å²) in [6.07, 6.45) is 0.304. The zero-order valence-electron chi connectivity index (χ0n) is 11.4. The van der Waals surface area contributed by atoms with Gasteiger partial charge in [-0.15, -0.1) is 0 Å². The van der Waals surface area contributed by atoms with Crippen LogP contribution in [0.5, 0.6) is 5.75 Å². The predicted molar refractivity (Wildman–Crippen MR) is 71.1 cm³/mol. The zero-order chi connectivity index (χ0) is 14.5. The molecule has 0 spiro atoms. The number of amides is 1. The Balaban J connectivity index is 2.57. The number of ether oxygens (including phenoxy) is 1. The summed E-state index contributed by atoms with van der Waals surface area (Å²) in [6.45, 7) is 4.85. The molecule has 0 aromatic heterocycles. The van der Waals surface area contributed by atoms with E-state index in [9.17, 15) is 9.59 Å². The van der Waals surface area contributed by atoms with Crippen molar-refractivity contribution in [1.29, 1.82) is 0 Å². The lowest BCUT2D eigenvalue weighted by Gasteiger charge is -2.24. The SMILES string of the molecule is CCC(C)(NC(=O)COc1ccccc1C)C(=O)O. The Bertz CT molecular complexity index is 472. The highest BCUT2D eigenvalue weighted by atomic mass is 16.5. The van der Waals surface area contributed by atoms with Gasteiger partial charge in [-0.2, -0.15) is 0 Å². The van der Waals surface area contributed by atoms with Gasteiger partial charge < -0.3 is 15.2 Å². The van der Waals surface area contributed by atoms with Gasteiger partial charge in [-0.3, -0.25) is 4.79 Å². The van der Waals surface area contributed by atoms with Crippen LogP contribution in [-0.4, -0.2) is 29.1 Å². The molecular formula is C14H19NO4. The maximum Gasteiger partial charge on any atom is 0.329 e. The van der Waals surface area contributed by atoms with Crippen LogP contribution in [0.3, 0.4) is 0 Å². The number of aliphatic carboxylic acids is 1. The Labute approximate surface area is 112 Å². The molecule has 1 atom stereocenters. The monoisotopic (exact) mass is 265 g/mol. The second-order valence-corrected chi connectivity index (χ2v) is 4.59. The van der Waals surface area contributed by atoms with Gasteiger partial charge in [0.15, 0.2) is 6.61 Å². The fourth-order valence-corrected chi connectivity index (χ4v) is 1.50. The van der Waals surface area contributed by atoms with Crippen LogP contribution in [0, 0.1) is 6.92 Å². The Hall–Kier alpha value is -2.04. The molecule has 0 heterocycles. The van der Waals surface area contributed by atoms with E-state index >= 15 is 0 Å². The van der Waals surface area contributed by atoms with Crippen LogP contribution < -0.4 is 10.1 Å². The second kappa shape index (κ2) is 6.22. The number of nitrogens with one attached hydrogen (secondary N) is 1. The molecule has 2 N–H and O–H groups in total. The summed E-state index contributed by atoms with van der Waals surface area (Å²) < 4.78 is 5.36. The average Bonchev–Trinajstić information content (AvgIpc) is 2.37. The summed E-state index contributed by atoms with van der Waals surface area (Å²) in [7, 11) is 0. The largest absolute Gasteiger partial charge is 0.484 e. The first-order chi connectivity index (χ1) is 8.89. The van der Waals surface area contributed by atoms with Crippen molar-refractivity contribution in [1.82, 2.24) is 5.32 Å². The standard InChI is InChI=1S/C14H19NO4/c1-4-14(3,13(17)18)15-12(16)9-19-11-8-6-5-7-10(11)2/h5-8H,4,9H2,1-3H3,(H,15,16)(H,17,18). The highest BCUT2D eigenvalue weighted by Crippen LogP contribution is 2.16. The van der Waals surface area contributed by atoms with Crippen LogP contribution in [-0.2, 0) is 9.59 Å². The normalized spacial score (nSPS) is 13.4. The fourth-order valence-electron chi connectivity index (χ4n) is 1.50. The molecule has 19 heavy (non-hydrogen) atoms. The van der Waals surface area contributed by atoms with E-state index in [2.05, 4.69) is 5.32 Å². The lowest BCUT2D eigenvalue weighted by atomic mass is 9.99. The summed E-state index contributed by atoms with van der Waals surface area (Å²) in [5, 5.41) is 11.5. The number of carboxylic acid groups (broad SMARTS) is 1. The zero-order valence-corrected chi connectivity index (χ0v) is 11.4. The molecule has 104 valence electrons. The Morgan fingerprint density at radius 1 is 1.37 bits per heavy atom. The lowest BCUT2D eigenvalue weighted by molar-refractivity contribution is -0.147. The van der Waals surface area contributed by atoms with Gasteiger partial charge in [0.1, 0.15) is 11.3 Å². The third-order valence-corrected chi connectivity index (χ3v) is 3.05. The van der Waals surface area contributed by atoms with E-state index in [4.69, 9.17) is 9.84 Å². The summed E-state index contributed by atoms with van der Waals surface area (Å²) >= 11 is 0. The topological polar surface area (TPSA) is 75.6 Å². The molecule has 1 unspecified atom stereocenters. The molecule has 5 nitrogen and oxygen atoms in total. The minimum absolute atomic E-state index is 0.201. The van der Waals surface area contributed by atoms with Crippen molar-refractivity contribution >= 4 is 11.9 Å². The first kappa shape index (κ1) is 15.0. The van der Waals surface area contributed by atoms with Crippen LogP contribution in [0.2, 0.25) is 0 Å². The van der Waals surface area contributed by atoms with E-state index in [0.29, 0.717) is 12.2 Å². The Morgan fingerprint density at radius 3 is 2.53 bits per heavy atom. The highest BCUT2D eigenvalue weighted by Gasteiger charge is 2.32. The fraction of sp³-hybridized carbons (Fsp3) is 0.429. The molecule has 0 aliphatic rings. The summed E-state index contributed by atoms with van der Waals surface area (Å²) in [5.74, 6) is -0.888. The average molecular weight is 265 g/mol. The molecule has 0 bridgehead atoms. The van der Waals surface area contributed by atoms with Crippen molar-refractivity contribution in [3.05, 3.63) is 29.8 Å². The van der Waals surface area contributed by atoms with Crippen molar-refractivity contribution in [2.75, 3.05) is 6.61 Å². The van der Waals surface area contributed by atoms with Crippen LogP contribution in [0.25, 0.3) is 0 Å². The van der Waals surface area contributed by atoms with Crippen LogP contribution >= 0.6 is 0 Å². The van der Waals surface area contributed by atoms with Gasteiger partial charge in [-0.05, 0) is 31.9 Å². The number of aryl methyl sites for hydroxylation is 1. The highest BCUT2D eigenvalue weighted by molar-refractivity contribution is 5.87. The molecule has 0 saturated heterocycles. The lowest BCUT2D eigenvalue weighted by Crippen LogP contribution is -2.53. The quantitative estimate of drug-likeness (QED) is 0.821. The minimum Gasteiger partial charge on any atom is -0.484 e. The number of carbonyl (C=O) groups is 2. The molecule has 0 aliphatic carbocycles. The Morgan fingerprint density at radius 2 is 2.00 bits per heavy atom. The molecule has 0 fully saturated rings. The van der Waals surface area contributed by atoms with E-state index in [-0.39, 0.29) is 6.61 Å². The maximum atomic E-state index is 11.7. The van der Waals surface area contributed by atoms with E-state index < -0.39 is 17.4 Å². The van der Waals surface area contributed by atoms with Gasteiger partial charge in [-0.25, -0.2) is 4.79 Å². The Kier molecular flexibility index (Phi) is 4.92. The number of hydrogen-bond donors (Lipinski definition) is 2. The van der Waals surface area contributed by atoms with Gasteiger partial charge in [0.05, 0.1) is 0 Å². The van der Waals surface area contributed by atoms with Gasteiger partial charge >= 0.3 is 5.97 Å². The van der Waals surface area contributed by atoms with E-state index in [1.54, 1.807) is 13.0 Å². The number of benzene rings is 1. The maximum absolute atomic E-state index is 11.7. The molecule has 0 aliphatic heterocycles. The molecule has 1 amide bonds. The van der Waals surface area contributed by atoms with Crippen LogP contribution in [0.1, 0.15) is 25.8 Å². The molecular weight excluding hydrogens is 246 g/mol. The second-order valence-electron chi connectivity index (χ2n) is 4.59. The first-order valence-electron chi connectivity index (χ1n) is 6.12. The molecule has 1 aromatic rings. The summed E-state index contributed by atoms with van der Waals surface area (Å²) in [6, 6.07) is 7.33. The van der Waals surface area contributed by atoms with Crippen molar-refractivity contribution < 1.29 is 19.4 Å². The van der Waals surface area contributed by atoms with Gasteiger partial charge in [0.2, 0.25) is 0 Å². The van der Waals surface area contributed by atoms with E-state index in [1.807, 2.05) is 25.1 Å². The van der Waals surface area contributed by atoms with Crippen molar-refractivity contribution in [2.24, 2.45) is 0 Å². The number of carbonyl (C=O) groups excluding carboxylic acids is 1.